The highest BCUT2D eigenvalue weighted by atomic mass is 16.5. The third-order valence-corrected chi connectivity index (χ3v) is 2.99. The first kappa shape index (κ1) is 12.4. The van der Waals surface area contributed by atoms with E-state index in [-0.39, 0.29) is 0 Å². The van der Waals surface area contributed by atoms with Gasteiger partial charge in [0.05, 0.1) is 19.4 Å². The van der Waals surface area contributed by atoms with Crippen LogP contribution in [0.2, 0.25) is 0 Å². The number of aromatic amines is 1. The van der Waals surface area contributed by atoms with E-state index in [9.17, 15) is 0 Å². The highest BCUT2D eigenvalue weighted by Gasteiger charge is 2.16. The van der Waals surface area contributed by atoms with E-state index in [1.165, 1.54) is 0 Å². The first-order valence-electron chi connectivity index (χ1n) is 6.13. The van der Waals surface area contributed by atoms with Crippen LogP contribution in [0, 0.1) is 0 Å². The average molecular weight is 270 g/mol. The zero-order valence-corrected chi connectivity index (χ0v) is 10.9. The Morgan fingerprint density at radius 3 is 2.95 bits per heavy atom. The minimum Gasteiger partial charge on any atom is -0.497 e. The number of rotatable bonds is 4. The molecular weight excluding hydrogens is 256 g/mol. The van der Waals surface area contributed by atoms with E-state index < -0.39 is 6.04 Å². The SMILES string of the molecule is COc1cccc([C@H](N)c2nc(-c3ccco3)n[nH]2)c1. The Balaban J connectivity index is 1.88. The molecule has 6 nitrogen and oxygen atoms in total. The molecule has 0 unspecified atom stereocenters. The zero-order chi connectivity index (χ0) is 13.9. The van der Waals surface area contributed by atoms with Gasteiger partial charge in [-0.25, -0.2) is 4.98 Å². The molecule has 0 bridgehead atoms. The molecule has 0 fully saturated rings. The van der Waals surface area contributed by atoms with E-state index >= 15 is 0 Å². The molecule has 0 saturated heterocycles. The Hall–Kier alpha value is -2.60. The van der Waals surface area contributed by atoms with Crippen LogP contribution < -0.4 is 10.5 Å². The maximum absolute atomic E-state index is 6.19. The summed E-state index contributed by atoms with van der Waals surface area (Å²) in [5.41, 5.74) is 7.08. The smallest absolute Gasteiger partial charge is 0.216 e. The fourth-order valence-electron chi connectivity index (χ4n) is 1.92. The summed E-state index contributed by atoms with van der Waals surface area (Å²) < 4.78 is 10.4. The van der Waals surface area contributed by atoms with Crippen molar-refractivity contribution in [1.82, 2.24) is 15.2 Å². The van der Waals surface area contributed by atoms with Gasteiger partial charge in [0.15, 0.2) is 5.76 Å². The number of hydrogen-bond acceptors (Lipinski definition) is 5. The largest absolute Gasteiger partial charge is 0.497 e. The lowest BCUT2D eigenvalue weighted by atomic mass is 10.1. The molecule has 6 heteroatoms. The molecule has 0 amide bonds. The molecule has 0 saturated carbocycles. The number of nitrogens with one attached hydrogen (secondary N) is 1. The van der Waals surface area contributed by atoms with Gasteiger partial charge in [0.25, 0.3) is 0 Å². The number of furan rings is 1. The van der Waals surface area contributed by atoms with Crippen molar-refractivity contribution >= 4 is 0 Å². The zero-order valence-electron chi connectivity index (χ0n) is 10.9. The summed E-state index contributed by atoms with van der Waals surface area (Å²) in [6, 6.07) is 10.7. The Morgan fingerprint density at radius 1 is 1.30 bits per heavy atom. The summed E-state index contributed by atoms with van der Waals surface area (Å²) in [7, 11) is 1.62. The maximum Gasteiger partial charge on any atom is 0.216 e. The molecular formula is C14H14N4O2. The lowest BCUT2D eigenvalue weighted by molar-refractivity contribution is 0.414. The molecule has 20 heavy (non-hydrogen) atoms. The van der Waals surface area contributed by atoms with Crippen LogP contribution in [0.25, 0.3) is 11.6 Å². The summed E-state index contributed by atoms with van der Waals surface area (Å²) >= 11 is 0. The molecule has 3 rings (SSSR count). The minimum atomic E-state index is -0.402. The van der Waals surface area contributed by atoms with Crippen LogP contribution in [-0.2, 0) is 0 Å². The van der Waals surface area contributed by atoms with Crippen LogP contribution in [0.4, 0.5) is 0 Å². The van der Waals surface area contributed by atoms with E-state index in [0.29, 0.717) is 17.4 Å². The van der Waals surface area contributed by atoms with Gasteiger partial charge in [-0.05, 0) is 29.8 Å². The summed E-state index contributed by atoms with van der Waals surface area (Å²) in [5, 5.41) is 6.95. The third-order valence-electron chi connectivity index (χ3n) is 2.99. The van der Waals surface area contributed by atoms with Crippen LogP contribution in [0.3, 0.4) is 0 Å². The average Bonchev–Trinajstić information content (AvgIpc) is 3.17. The van der Waals surface area contributed by atoms with Crippen LogP contribution in [0.1, 0.15) is 17.4 Å². The second kappa shape index (κ2) is 5.18. The van der Waals surface area contributed by atoms with Crippen LogP contribution in [-0.4, -0.2) is 22.3 Å². The predicted molar refractivity (Wildman–Crippen MR) is 73.1 cm³/mol. The number of H-pyrrole nitrogens is 1. The molecule has 0 aliphatic carbocycles. The van der Waals surface area contributed by atoms with Crippen molar-refractivity contribution in [3.63, 3.8) is 0 Å². The Morgan fingerprint density at radius 2 is 2.20 bits per heavy atom. The molecule has 2 heterocycles. The molecule has 102 valence electrons. The Labute approximate surface area is 115 Å². The fourth-order valence-corrected chi connectivity index (χ4v) is 1.92. The van der Waals surface area contributed by atoms with Gasteiger partial charge in [0, 0.05) is 0 Å². The van der Waals surface area contributed by atoms with E-state index in [4.69, 9.17) is 14.9 Å². The van der Waals surface area contributed by atoms with Crippen molar-refractivity contribution in [2.24, 2.45) is 5.73 Å². The summed E-state index contributed by atoms with van der Waals surface area (Å²) in [4.78, 5) is 4.36. The molecule has 2 aromatic heterocycles. The highest BCUT2D eigenvalue weighted by molar-refractivity contribution is 5.45. The number of nitrogens with two attached hydrogens (primary N) is 1. The second-order valence-corrected chi connectivity index (χ2v) is 4.28. The van der Waals surface area contributed by atoms with Crippen molar-refractivity contribution in [1.29, 1.82) is 0 Å². The van der Waals surface area contributed by atoms with Gasteiger partial charge in [-0.2, -0.15) is 0 Å². The van der Waals surface area contributed by atoms with Gasteiger partial charge in [0.2, 0.25) is 5.82 Å². The number of ether oxygens (including phenoxy) is 1. The quantitative estimate of drug-likeness (QED) is 0.757. The van der Waals surface area contributed by atoms with E-state index in [1.54, 1.807) is 25.5 Å². The summed E-state index contributed by atoms with van der Waals surface area (Å²) in [6.45, 7) is 0. The monoisotopic (exact) mass is 270 g/mol. The van der Waals surface area contributed by atoms with Crippen LogP contribution in [0.15, 0.2) is 47.1 Å². The predicted octanol–water partition coefficient (Wildman–Crippen LogP) is 2.12. The van der Waals surface area contributed by atoms with Crippen molar-refractivity contribution < 1.29 is 9.15 Å². The number of hydrogen-bond donors (Lipinski definition) is 2. The molecule has 3 aromatic rings. The van der Waals surface area contributed by atoms with Crippen molar-refractivity contribution in [3.05, 3.63) is 54.0 Å². The molecule has 1 aromatic carbocycles. The first-order valence-corrected chi connectivity index (χ1v) is 6.13. The van der Waals surface area contributed by atoms with Crippen LogP contribution >= 0.6 is 0 Å². The lowest BCUT2D eigenvalue weighted by Crippen LogP contribution is -2.13. The minimum absolute atomic E-state index is 0.402. The summed E-state index contributed by atoms with van der Waals surface area (Å²) in [5.74, 6) is 2.42. The lowest BCUT2D eigenvalue weighted by Gasteiger charge is -2.09. The molecule has 1 atom stereocenters. The van der Waals surface area contributed by atoms with E-state index in [2.05, 4.69) is 15.2 Å². The molecule has 0 aliphatic heterocycles. The number of methoxy groups -OCH3 is 1. The van der Waals surface area contributed by atoms with Gasteiger partial charge < -0.3 is 14.9 Å². The van der Waals surface area contributed by atoms with Crippen molar-refractivity contribution in [2.45, 2.75) is 6.04 Å². The first-order chi connectivity index (χ1) is 9.78. The summed E-state index contributed by atoms with van der Waals surface area (Å²) in [6.07, 6.45) is 1.58. The van der Waals surface area contributed by atoms with Crippen molar-refractivity contribution in [3.8, 4) is 17.3 Å². The van der Waals surface area contributed by atoms with Gasteiger partial charge in [0.1, 0.15) is 11.6 Å². The standard InChI is InChI=1S/C14H14N4O2/c1-19-10-5-2-4-9(8-10)12(15)14-16-13(17-18-14)11-6-3-7-20-11/h2-8,12H,15H2,1H3,(H,16,17,18)/t12-/m0/s1. The third kappa shape index (κ3) is 2.28. The van der Waals surface area contributed by atoms with E-state index in [1.807, 2.05) is 24.3 Å². The van der Waals surface area contributed by atoms with Gasteiger partial charge in [-0.15, -0.1) is 5.10 Å². The number of aromatic nitrogens is 3. The molecule has 0 radical (unpaired) electrons. The van der Waals surface area contributed by atoms with Crippen LogP contribution in [0.5, 0.6) is 5.75 Å². The number of nitrogens with zero attached hydrogens (tertiary/aromatic N) is 2. The van der Waals surface area contributed by atoms with Gasteiger partial charge in [-0.3, -0.25) is 5.10 Å². The van der Waals surface area contributed by atoms with E-state index in [0.717, 1.165) is 11.3 Å². The molecule has 3 N–H and O–H groups in total. The maximum atomic E-state index is 6.19. The second-order valence-electron chi connectivity index (χ2n) is 4.28. The molecule has 0 spiro atoms. The van der Waals surface area contributed by atoms with Gasteiger partial charge in [-0.1, -0.05) is 12.1 Å². The van der Waals surface area contributed by atoms with Crippen molar-refractivity contribution in [2.75, 3.05) is 7.11 Å². The normalized spacial score (nSPS) is 12.3. The highest BCUT2D eigenvalue weighted by Crippen LogP contribution is 2.23. The number of benzene rings is 1. The Kier molecular flexibility index (Phi) is 3.22. The fraction of sp³-hybridized carbons (Fsp3) is 0.143. The van der Waals surface area contributed by atoms with Gasteiger partial charge >= 0.3 is 0 Å². The Bertz CT molecular complexity index is 691. The molecule has 0 aliphatic rings. The topological polar surface area (TPSA) is 90.0 Å².